The van der Waals surface area contributed by atoms with E-state index in [9.17, 15) is 4.39 Å². The number of nitrogens with zero attached hydrogens (tertiary/aromatic N) is 3. The highest BCUT2D eigenvalue weighted by Crippen LogP contribution is 2.24. The first-order chi connectivity index (χ1) is 13.2. The number of aromatic nitrogens is 3. The van der Waals surface area contributed by atoms with Crippen LogP contribution in [0.1, 0.15) is 23.8 Å². The molecule has 2 atom stereocenters. The molecule has 1 unspecified atom stereocenters. The topological polar surface area (TPSA) is 27.2 Å². The van der Waals surface area contributed by atoms with E-state index in [1.165, 1.54) is 34.8 Å². The number of hydrogen-bond donors (Lipinski definition) is 1. The Hall–Kier alpha value is -2.09. The molecule has 1 fully saturated rings. The average Bonchev–Trinajstić information content (AvgIpc) is 3.40. The summed E-state index contributed by atoms with van der Waals surface area (Å²) in [6, 6.07) is 11.2. The molecule has 0 radical (unpaired) electrons. The third-order valence-electron chi connectivity index (χ3n) is 5.06. The van der Waals surface area contributed by atoms with Crippen LogP contribution in [0.2, 0.25) is 0 Å². The summed E-state index contributed by atoms with van der Waals surface area (Å²) in [7, 11) is 0. The van der Waals surface area contributed by atoms with Crippen molar-refractivity contribution < 1.29 is 9.29 Å². The second-order valence-electron chi connectivity index (χ2n) is 6.79. The van der Waals surface area contributed by atoms with E-state index in [1.54, 1.807) is 12.1 Å². The van der Waals surface area contributed by atoms with Gasteiger partial charge in [-0.25, -0.2) is 4.39 Å². The zero-order chi connectivity index (χ0) is 18.8. The van der Waals surface area contributed by atoms with Gasteiger partial charge in [0.15, 0.2) is 12.5 Å². The van der Waals surface area contributed by atoms with Crippen LogP contribution < -0.4 is 4.90 Å². The molecule has 0 saturated carbocycles. The van der Waals surface area contributed by atoms with E-state index in [2.05, 4.69) is 24.1 Å². The molecule has 1 N–H and O–H groups in total. The van der Waals surface area contributed by atoms with Crippen molar-refractivity contribution in [3.63, 3.8) is 0 Å². The zero-order valence-electron chi connectivity index (χ0n) is 15.0. The molecular weight excluding hydrogens is 379 g/mol. The van der Waals surface area contributed by atoms with Gasteiger partial charge in [-0.1, -0.05) is 12.1 Å². The van der Waals surface area contributed by atoms with E-state index >= 15 is 0 Å². The van der Waals surface area contributed by atoms with Crippen molar-refractivity contribution in [2.24, 2.45) is 0 Å². The first kappa shape index (κ1) is 18.3. The minimum Gasteiger partial charge on any atom is -0.309 e. The van der Waals surface area contributed by atoms with Crippen molar-refractivity contribution in [1.29, 1.82) is 0 Å². The average molecular weight is 402 g/mol. The van der Waals surface area contributed by atoms with Gasteiger partial charge in [-0.2, -0.15) is 4.68 Å². The SMILES string of the molecule is C=CCn1c(-c2ccc(F)cc2)nn(C[NH+]2CCC[C@@H]2c2cccs2)c1=S. The first-order valence-electron chi connectivity index (χ1n) is 9.10. The van der Waals surface area contributed by atoms with Gasteiger partial charge in [0.1, 0.15) is 11.9 Å². The van der Waals surface area contributed by atoms with E-state index in [0.717, 1.165) is 24.6 Å². The van der Waals surface area contributed by atoms with E-state index in [1.807, 2.05) is 26.7 Å². The monoisotopic (exact) mass is 401 g/mol. The van der Waals surface area contributed by atoms with Crippen LogP contribution in [0.3, 0.4) is 0 Å². The van der Waals surface area contributed by atoms with E-state index in [4.69, 9.17) is 17.3 Å². The van der Waals surface area contributed by atoms with Gasteiger partial charge >= 0.3 is 0 Å². The number of thiophene rings is 1. The smallest absolute Gasteiger partial charge is 0.203 e. The minimum atomic E-state index is -0.257. The molecule has 4 nitrogen and oxygen atoms in total. The standard InChI is InChI=1S/C20H21FN4S2/c1-2-11-24-19(15-7-9-16(21)10-8-15)22-25(20(24)26)14-23-12-3-5-17(23)18-6-4-13-27-18/h2,4,6-10,13,17H,1,3,5,11-12,14H2/p+1/t17-/m1/s1. The maximum Gasteiger partial charge on any atom is 0.203 e. The van der Waals surface area contributed by atoms with Gasteiger partial charge in [0.2, 0.25) is 4.77 Å². The van der Waals surface area contributed by atoms with Gasteiger partial charge in [0.25, 0.3) is 0 Å². The molecule has 3 aromatic rings. The predicted molar refractivity (Wildman–Crippen MR) is 109 cm³/mol. The minimum absolute atomic E-state index is 0.257. The Labute approximate surface area is 167 Å². The lowest BCUT2D eigenvalue weighted by Crippen LogP contribution is -3.09. The zero-order valence-corrected chi connectivity index (χ0v) is 16.6. The molecule has 1 saturated heterocycles. The number of nitrogens with one attached hydrogen (secondary N) is 1. The third kappa shape index (κ3) is 3.67. The van der Waals surface area contributed by atoms with Crippen molar-refractivity contribution in [2.45, 2.75) is 32.1 Å². The lowest BCUT2D eigenvalue weighted by molar-refractivity contribution is -0.941. The largest absolute Gasteiger partial charge is 0.309 e. The molecule has 1 aliphatic rings. The van der Waals surface area contributed by atoms with Crippen LogP contribution >= 0.6 is 23.6 Å². The Morgan fingerprint density at radius 1 is 1.33 bits per heavy atom. The molecule has 0 aliphatic carbocycles. The fourth-order valence-electron chi connectivity index (χ4n) is 3.78. The van der Waals surface area contributed by atoms with Crippen LogP contribution in [0.5, 0.6) is 0 Å². The van der Waals surface area contributed by atoms with Gasteiger partial charge in [-0.3, -0.25) is 4.57 Å². The second-order valence-corrected chi connectivity index (χ2v) is 8.13. The summed E-state index contributed by atoms with van der Waals surface area (Å²) >= 11 is 7.53. The number of benzene rings is 1. The van der Waals surface area contributed by atoms with E-state index < -0.39 is 0 Å². The normalized spacial score (nSPS) is 19.4. The highest BCUT2D eigenvalue weighted by molar-refractivity contribution is 7.71. The first-order valence-corrected chi connectivity index (χ1v) is 10.4. The van der Waals surface area contributed by atoms with Gasteiger partial charge in [0, 0.05) is 24.9 Å². The van der Waals surface area contributed by atoms with Gasteiger partial charge < -0.3 is 4.90 Å². The molecule has 1 aromatic carbocycles. The summed E-state index contributed by atoms with van der Waals surface area (Å²) < 4.78 is 17.9. The number of quaternary nitrogens is 1. The van der Waals surface area contributed by atoms with Crippen LogP contribution in [0, 0.1) is 10.6 Å². The Kier molecular flexibility index (Phi) is 5.33. The predicted octanol–water partition coefficient (Wildman–Crippen LogP) is 3.85. The molecule has 2 aromatic heterocycles. The highest BCUT2D eigenvalue weighted by atomic mass is 32.1. The van der Waals surface area contributed by atoms with Crippen molar-refractivity contribution in [3.8, 4) is 11.4 Å². The number of halogens is 1. The molecule has 140 valence electrons. The second kappa shape index (κ2) is 7.88. The van der Waals surface area contributed by atoms with Crippen molar-refractivity contribution in [2.75, 3.05) is 6.54 Å². The maximum atomic E-state index is 13.3. The molecule has 7 heteroatoms. The molecule has 0 bridgehead atoms. The van der Waals surface area contributed by atoms with Crippen LogP contribution in [0.15, 0.2) is 54.4 Å². The lowest BCUT2D eigenvalue weighted by Gasteiger charge is -2.20. The summed E-state index contributed by atoms with van der Waals surface area (Å²) in [5.41, 5.74) is 0.856. The molecule has 3 heterocycles. The van der Waals surface area contributed by atoms with Crippen LogP contribution in [0.4, 0.5) is 4.39 Å². The summed E-state index contributed by atoms with van der Waals surface area (Å²) in [6.45, 7) is 6.27. The summed E-state index contributed by atoms with van der Waals surface area (Å²) in [6.07, 6.45) is 4.22. The lowest BCUT2D eigenvalue weighted by atomic mass is 10.2. The van der Waals surface area contributed by atoms with Crippen LogP contribution in [-0.4, -0.2) is 20.9 Å². The third-order valence-corrected chi connectivity index (χ3v) is 6.48. The fourth-order valence-corrected chi connectivity index (χ4v) is 4.96. The number of rotatable bonds is 6. The number of hydrogen-bond acceptors (Lipinski definition) is 3. The van der Waals surface area contributed by atoms with Crippen LogP contribution in [-0.2, 0) is 13.2 Å². The Morgan fingerprint density at radius 2 is 2.15 bits per heavy atom. The fraction of sp³-hybridized carbons (Fsp3) is 0.300. The van der Waals surface area contributed by atoms with E-state index in [0.29, 0.717) is 17.4 Å². The molecule has 0 spiro atoms. The Morgan fingerprint density at radius 3 is 2.85 bits per heavy atom. The Balaban J connectivity index is 1.67. The molecular formula is C20H22FN4S2+. The van der Waals surface area contributed by atoms with Crippen molar-refractivity contribution in [1.82, 2.24) is 14.3 Å². The summed E-state index contributed by atoms with van der Waals surface area (Å²) in [5.74, 6) is 0.499. The van der Waals surface area contributed by atoms with E-state index in [-0.39, 0.29) is 5.82 Å². The van der Waals surface area contributed by atoms with Crippen LogP contribution in [0.25, 0.3) is 11.4 Å². The summed E-state index contributed by atoms with van der Waals surface area (Å²) in [4.78, 5) is 2.92. The molecule has 27 heavy (non-hydrogen) atoms. The maximum absolute atomic E-state index is 13.3. The molecule has 1 aliphatic heterocycles. The highest BCUT2D eigenvalue weighted by Gasteiger charge is 2.31. The van der Waals surface area contributed by atoms with Crippen molar-refractivity contribution >= 4 is 23.6 Å². The van der Waals surface area contributed by atoms with Gasteiger partial charge in [-0.05, 0) is 47.9 Å². The van der Waals surface area contributed by atoms with Gasteiger partial charge in [-0.15, -0.1) is 23.0 Å². The van der Waals surface area contributed by atoms with Crippen molar-refractivity contribution in [3.05, 3.63) is 69.9 Å². The van der Waals surface area contributed by atoms with Gasteiger partial charge in [0.05, 0.1) is 11.4 Å². The Bertz CT molecular complexity index is 973. The molecule has 0 amide bonds. The summed E-state index contributed by atoms with van der Waals surface area (Å²) in [5, 5.41) is 6.94. The quantitative estimate of drug-likeness (QED) is 0.502. The number of allylic oxidation sites excluding steroid dienone is 1. The number of likely N-dealkylation sites (tertiary alicyclic amines) is 1. The molecule has 4 rings (SSSR count).